The SMILES string of the molecule is CN(C)Cc1ccc2c(c1)c1nc(N(C)Cc3ccccc3)nc(Cl)c1n2CC(F)(F)F. The van der Waals surface area contributed by atoms with E-state index in [4.69, 9.17) is 11.6 Å². The summed E-state index contributed by atoms with van der Waals surface area (Å²) >= 11 is 6.46. The Morgan fingerprint density at radius 2 is 1.66 bits per heavy atom. The molecule has 2 aromatic carbocycles. The van der Waals surface area contributed by atoms with E-state index in [1.165, 1.54) is 0 Å². The second-order valence-electron chi connectivity index (χ2n) is 8.14. The first-order valence-electron chi connectivity index (χ1n) is 10.1. The number of aromatic nitrogens is 3. The zero-order valence-corrected chi connectivity index (χ0v) is 18.7. The van der Waals surface area contributed by atoms with Crippen LogP contribution in [0, 0.1) is 0 Å². The molecule has 4 rings (SSSR count). The number of nitrogens with zero attached hydrogens (tertiary/aromatic N) is 5. The average Bonchev–Trinajstić information content (AvgIpc) is 3.00. The van der Waals surface area contributed by atoms with Crippen LogP contribution in [0.25, 0.3) is 21.9 Å². The van der Waals surface area contributed by atoms with Crippen LogP contribution in [0.3, 0.4) is 0 Å². The van der Waals surface area contributed by atoms with Crippen LogP contribution in [0.2, 0.25) is 5.15 Å². The van der Waals surface area contributed by atoms with E-state index in [9.17, 15) is 13.2 Å². The van der Waals surface area contributed by atoms with Crippen LogP contribution in [-0.4, -0.2) is 46.8 Å². The largest absolute Gasteiger partial charge is 0.406 e. The Kier molecular flexibility index (Phi) is 6.01. The van der Waals surface area contributed by atoms with Crippen LogP contribution in [0.1, 0.15) is 11.1 Å². The molecule has 0 fully saturated rings. The molecule has 0 saturated carbocycles. The molecule has 5 nitrogen and oxygen atoms in total. The second kappa shape index (κ2) is 8.60. The van der Waals surface area contributed by atoms with Gasteiger partial charge in [0.15, 0.2) is 5.15 Å². The maximum Gasteiger partial charge on any atom is 0.406 e. The van der Waals surface area contributed by atoms with E-state index in [0.717, 1.165) is 15.7 Å². The molecule has 0 aliphatic heterocycles. The minimum atomic E-state index is -4.41. The molecule has 0 spiro atoms. The summed E-state index contributed by atoms with van der Waals surface area (Å²) in [7, 11) is 5.70. The third kappa shape index (κ3) is 4.66. The first-order valence-corrected chi connectivity index (χ1v) is 10.4. The third-order valence-electron chi connectivity index (χ3n) is 5.15. The van der Waals surface area contributed by atoms with Gasteiger partial charge in [0.25, 0.3) is 0 Å². The summed E-state index contributed by atoms with van der Waals surface area (Å²) in [5, 5.41) is 0.627. The van der Waals surface area contributed by atoms with Gasteiger partial charge >= 0.3 is 6.18 Å². The Bertz CT molecular complexity index is 1250. The number of rotatable bonds is 6. The molecule has 4 aromatic rings. The summed E-state index contributed by atoms with van der Waals surface area (Å²) in [4.78, 5) is 12.8. The lowest BCUT2D eigenvalue weighted by Gasteiger charge is -2.18. The maximum absolute atomic E-state index is 13.4. The van der Waals surface area contributed by atoms with E-state index >= 15 is 0 Å². The van der Waals surface area contributed by atoms with Gasteiger partial charge in [0, 0.05) is 25.5 Å². The molecule has 0 atom stereocenters. The number of anilines is 1. The lowest BCUT2D eigenvalue weighted by atomic mass is 10.1. The molecule has 0 unspecified atom stereocenters. The fourth-order valence-corrected chi connectivity index (χ4v) is 4.14. The van der Waals surface area contributed by atoms with Gasteiger partial charge in [-0.3, -0.25) is 0 Å². The fourth-order valence-electron chi connectivity index (χ4n) is 3.88. The standard InChI is InChI=1S/C23H23ClF3N5/c1-30(2)12-16-9-10-18-17(11-16)19-20(32(18)14-23(25,26)27)21(24)29-22(28-19)31(3)13-15-7-5-4-6-8-15/h4-11H,12-14H2,1-3H3. The summed E-state index contributed by atoms with van der Waals surface area (Å²) < 4.78 is 41.3. The van der Waals surface area contributed by atoms with E-state index in [2.05, 4.69) is 9.97 Å². The average molecular weight is 462 g/mol. The van der Waals surface area contributed by atoms with Crippen molar-refractivity contribution in [3.8, 4) is 0 Å². The molecule has 2 aromatic heterocycles. The highest BCUT2D eigenvalue weighted by Crippen LogP contribution is 2.35. The lowest BCUT2D eigenvalue weighted by Crippen LogP contribution is -2.20. The lowest BCUT2D eigenvalue weighted by molar-refractivity contribution is -0.139. The first-order chi connectivity index (χ1) is 15.1. The summed E-state index contributed by atoms with van der Waals surface area (Å²) in [6.07, 6.45) is -4.41. The van der Waals surface area contributed by atoms with Crippen molar-refractivity contribution in [1.82, 2.24) is 19.4 Å². The monoisotopic (exact) mass is 461 g/mol. The highest BCUT2D eigenvalue weighted by Gasteiger charge is 2.31. The minimum absolute atomic E-state index is 0.000443. The van der Waals surface area contributed by atoms with Crippen molar-refractivity contribution in [1.29, 1.82) is 0 Å². The molecule has 0 radical (unpaired) electrons. The molecule has 168 valence electrons. The highest BCUT2D eigenvalue weighted by atomic mass is 35.5. The third-order valence-corrected chi connectivity index (χ3v) is 5.41. The molecule has 9 heteroatoms. The van der Waals surface area contributed by atoms with E-state index in [1.807, 2.05) is 73.4 Å². The topological polar surface area (TPSA) is 37.2 Å². The maximum atomic E-state index is 13.4. The van der Waals surface area contributed by atoms with Crippen molar-refractivity contribution in [3.63, 3.8) is 0 Å². The highest BCUT2D eigenvalue weighted by molar-refractivity contribution is 6.35. The van der Waals surface area contributed by atoms with Crippen molar-refractivity contribution in [2.75, 3.05) is 26.0 Å². The quantitative estimate of drug-likeness (QED) is 0.355. The Balaban J connectivity index is 1.88. The van der Waals surface area contributed by atoms with Crippen LogP contribution >= 0.6 is 11.6 Å². The summed E-state index contributed by atoms with van der Waals surface area (Å²) in [6, 6.07) is 15.2. The predicted octanol–water partition coefficient (Wildman–Crippen LogP) is 5.50. The van der Waals surface area contributed by atoms with Crippen molar-refractivity contribution in [2.24, 2.45) is 0 Å². The van der Waals surface area contributed by atoms with Gasteiger partial charge < -0.3 is 14.4 Å². The number of halogens is 4. The Hall–Kier alpha value is -2.84. The Labute approximate surface area is 189 Å². The van der Waals surface area contributed by atoms with Gasteiger partial charge in [-0.15, -0.1) is 0 Å². The number of hydrogen-bond donors (Lipinski definition) is 0. The van der Waals surface area contributed by atoms with E-state index in [-0.39, 0.29) is 10.7 Å². The van der Waals surface area contributed by atoms with Gasteiger partial charge in [-0.05, 0) is 37.4 Å². The molecule has 0 bridgehead atoms. The molecular weight excluding hydrogens is 439 g/mol. The smallest absolute Gasteiger partial charge is 0.339 e. The molecule has 0 aliphatic carbocycles. The van der Waals surface area contributed by atoms with Crippen LogP contribution in [-0.2, 0) is 19.6 Å². The summed E-state index contributed by atoms with van der Waals surface area (Å²) in [6.45, 7) is 0.0273. The molecule has 32 heavy (non-hydrogen) atoms. The van der Waals surface area contributed by atoms with Gasteiger partial charge in [-0.25, -0.2) is 4.98 Å². The van der Waals surface area contributed by atoms with Crippen molar-refractivity contribution in [2.45, 2.75) is 25.8 Å². The van der Waals surface area contributed by atoms with E-state index in [1.54, 1.807) is 6.07 Å². The Morgan fingerprint density at radius 3 is 2.31 bits per heavy atom. The van der Waals surface area contributed by atoms with E-state index < -0.39 is 12.7 Å². The molecule has 0 N–H and O–H groups in total. The second-order valence-corrected chi connectivity index (χ2v) is 8.50. The number of fused-ring (bicyclic) bond motifs is 3. The van der Waals surface area contributed by atoms with Crippen LogP contribution in [0.15, 0.2) is 48.5 Å². The van der Waals surface area contributed by atoms with Gasteiger partial charge in [-0.1, -0.05) is 48.0 Å². The van der Waals surface area contributed by atoms with Crippen molar-refractivity contribution in [3.05, 3.63) is 64.8 Å². The minimum Gasteiger partial charge on any atom is -0.339 e. The molecule has 2 heterocycles. The predicted molar refractivity (Wildman–Crippen MR) is 122 cm³/mol. The fraction of sp³-hybridized carbons (Fsp3) is 0.304. The normalized spacial score (nSPS) is 12.2. The van der Waals surface area contributed by atoms with Crippen LogP contribution in [0.4, 0.5) is 19.1 Å². The van der Waals surface area contributed by atoms with Gasteiger partial charge in [0.1, 0.15) is 17.6 Å². The molecular formula is C23H23ClF3N5. The van der Waals surface area contributed by atoms with Gasteiger partial charge in [0.2, 0.25) is 5.95 Å². The van der Waals surface area contributed by atoms with Gasteiger partial charge in [-0.2, -0.15) is 18.2 Å². The van der Waals surface area contributed by atoms with Crippen LogP contribution < -0.4 is 4.90 Å². The number of alkyl halides is 3. The zero-order valence-electron chi connectivity index (χ0n) is 18.0. The van der Waals surface area contributed by atoms with E-state index in [0.29, 0.717) is 35.5 Å². The summed E-state index contributed by atoms with van der Waals surface area (Å²) in [5.74, 6) is 0.357. The summed E-state index contributed by atoms with van der Waals surface area (Å²) in [5.41, 5.74) is 3.07. The molecule has 0 saturated heterocycles. The Morgan fingerprint density at radius 1 is 0.938 bits per heavy atom. The van der Waals surface area contributed by atoms with Crippen molar-refractivity contribution < 1.29 is 13.2 Å². The van der Waals surface area contributed by atoms with Gasteiger partial charge in [0.05, 0.1) is 5.52 Å². The number of benzene rings is 2. The zero-order chi connectivity index (χ0) is 23.0. The molecule has 0 aliphatic rings. The molecule has 0 amide bonds. The van der Waals surface area contributed by atoms with Crippen molar-refractivity contribution >= 4 is 39.5 Å². The first kappa shape index (κ1) is 22.4. The number of hydrogen-bond acceptors (Lipinski definition) is 4. The van der Waals surface area contributed by atoms with Crippen LogP contribution in [0.5, 0.6) is 0 Å².